The number of rotatable bonds is 1. The molecule has 1 atom stereocenters. The van der Waals surface area contributed by atoms with Crippen LogP contribution in [-0.2, 0) is 11.2 Å². The van der Waals surface area contributed by atoms with Gasteiger partial charge in [-0.2, -0.15) is 0 Å². The average molecular weight is 430 g/mol. The van der Waals surface area contributed by atoms with Crippen LogP contribution >= 0.6 is 27.5 Å². The summed E-state index contributed by atoms with van der Waals surface area (Å²) in [5, 5.41) is 0.770. The number of anilines is 1. The van der Waals surface area contributed by atoms with E-state index in [1.165, 1.54) is 11.3 Å². The second-order valence-corrected chi connectivity index (χ2v) is 9.21. The van der Waals surface area contributed by atoms with Crippen molar-refractivity contribution in [3.05, 3.63) is 27.2 Å². The van der Waals surface area contributed by atoms with Gasteiger partial charge in [-0.1, -0.05) is 11.6 Å². The zero-order valence-corrected chi connectivity index (χ0v) is 17.5. The molecule has 0 saturated carbocycles. The van der Waals surface area contributed by atoms with Gasteiger partial charge in [-0.15, -0.1) is 0 Å². The van der Waals surface area contributed by atoms with Crippen LogP contribution in [0.1, 0.15) is 45.6 Å². The summed E-state index contributed by atoms with van der Waals surface area (Å²) in [6.07, 6.45) is 4.05. The highest BCUT2D eigenvalue weighted by Gasteiger charge is 2.33. The van der Waals surface area contributed by atoms with Crippen LogP contribution in [0.4, 0.5) is 10.5 Å². The zero-order chi connectivity index (χ0) is 18.2. The predicted molar refractivity (Wildman–Crippen MR) is 106 cm³/mol. The largest absolute Gasteiger partial charge is 0.444 e. The Hall–Kier alpha value is -0.940. The molecule has 1 amide bonds. The van der Waals surface area contributed by atoms with E-state index < -0.39 is 5.60 Å². The van der Waals surface area contributed by atoms with E-state index in [1.807, 2.05) is 31.7 Å². The van der Waals surface area contributed by atoms with E-state index in [0.29, 0.717) is 12.6 Å². The van der Waals surface area contributed by atoms with E-state index in [-0.39, 0.29) is 6.09 Å². The summed E-state index contributed by atoms with van der Waals surface area (Å²) in [7, 11) is 0. The maximum absolute atomic E-state index is 12.5. The van der Waals surface area contributed by atoms with Crippen molar-refractivity contribution in [3.8, 4) is 0 Å². The molecule has 138 valence electrons. The molecule has 25 heavy (non-hydrogen) atoms. The number of hydrogen-bond acceptors (Lipinski definition) is 3. The van der Waals surface area contributed by atoms with Crippen LogP contribution in [0.25, 0.3) is 0 Å². The number of fused-ring (bicyclic) bond motifs is 1. The molecule has 0 aromatic heterocycles. The Morgan fingerprint density at radius 3 is 2.76 bits per heavy atom. The minimum Gasteiger partial charge on any atom is -0.444 e. The molecule has 1 aromatic carbocycles. The maximum Gasteiger partial charge on any atom is 0.410 e. The van der Waals surface area contributed by atoms with Gasteiger partial charge in [0.05, 0.1) is 5.69 Å². The topological polar surface area (TPSA) is 32.8 Å². The Labute approximate surface area is 163 Å². The molecule has 0 bridgehead atoms. The fourth-order valence-corrected chi connectivity index (χ4v) is 4.85. The SMILES string of the molecule is CC(C)(C)OC(=O)N1CCCC(N2CCCc3cc(Cl)cc(Br)c32)C1. The molecular formula is C19H26BrClN2O2. The van der Waals surface area contributed by atoms with Crippen LogP contribution in [0.5, 0.6) is 0 Å². The Morgan fingerprint density at radius 2 is 2.04 bits per heavy atom. The number of hydrogen-bond donors (Lipinski definition) is 0. The van der Waals surface area contributed by atoms with Crippen molar-refractivity contribution < 1.29 is 9.53 Å². The standard InChI is InChI=1S/C19H26BrClN2O2/c1-19(2,3)25-18(24)22-8-5-7-15(12-22)23-9-4-6-13-10-14(21)11-16(20)17(13)23/h10-11,15H,4-9,12H2,1-3H3. The van der Waals surface area contributed by atoms with Gasteiger partial charge in [-0.25, -0.2) is 4.79 Å². The van der Waals surface area contributed by atoms with Gasteiger partial charge >= 0.3 is 6.09 Å². The second kappa shape index (κ2) is 7.36. The number of aryl methyl sites for hydroxylation is 1. The van der Waals surface area contributed by atoms with E-state index in [1.54, 1.807) is 0 Å². The van der Waals surface area contributed by atoms with Crippen molar-refractivity contribution in [1.82, 2.24) is 4.90 Å². The smallest absolute Gasteiger partial charge is 0.410 e. The molecule has 0 aliphatic carbocycles. The Kier molecular flexibility index (Phi) is 5.54. The average Bonchev–Trinajstić information content (AvgIpc) is 2.52. The molecule has 1 aromatic rings. The fourth-order valence-electron chi connectivity index (χ4n) is 3.75. The van der Waals surface area contributed by atoms with Gasteiger partial charge in [0, 0.05) is 35.2 Å². The van der Waals surface area contributed by atoms with E-state index in [4.69, 9.17) is 16.3 Å². The summed E-state index contributed by atoms with van der Waals surface area (Å²) in [5.74, 6) is 0. The van der Waals surface area contributed by atoms with Crippen LogP contribution in [-0.4, -0.2) is 42.3 Å². The van der Waals surface area contributed by atoms with E-state index in [0.717, 1.165) is 48.3 Å². The third kappa shape index (κ3) is 4.43. The third-order valence-corrected chi connectivity index (χ3v) is 5.55. The highest BCUT2D eigenvalue weighted by Crippen LogP contribution is 2.39. The molecule has 4 nitrogen and oxygen atoms in total. The molecule has 1 unspecified atom stereocenters. The normalized spacial score (nSPS) is 21.1. The van der Waals surface area contributed by atoms with Gasteiger partial charge in [-0.05, 0) is 80.1 Å². The summed E-state index contributed by atoms with van der Waals surface area (Å²) in [4.78, 5) is 16.8. The molecule has 6 heteroatoms. The van der Waals surface area contributed by atoms with Crippen molar-refractivity contribution in [2.75, 3.05) is 24.5 Å². The number of carbonyl (C=O) groups is 1. The quantitative estimate of drug-likeness (QED) is 0.611. The fraction of sp³-hybridized carbons (Fsp3) is 0.632. The first-order valence-corrected chi connectivity index (χ1v) is 10.1. The van der Waals surface area contributed by atoms with Gasteiger partial charge in [0.1, 0.15) is 5.60 Å². The second-order valence-electron chi connectivity index (χ2n) is 7.91. The van der Waals surface area contributed by atoms with Crippen LogP contribution in [0.3, 0.4) is 0 Å². The minimum atomic E-state index is -0.457. The van der Waals surface area contributed by atoms with Gasteiger partial charge in [0.2, 0.25) is 0 Å². The molecular weight excluding hydrogens is 404 g/mol. The zero-order valence-electron chi connectivity index (χ0n) is 15.1. The van der Waals surface area contributed by atoms with Crippen molar-refractivity contribution in [3.63, 3.8) is 0 Å². The van der Waals surface area contributed by atoms with E-state index in [2.05, 4.69) is 26.9 Å². The van der Waals surface area contributed by atoms with Gasteiger partial charge in [0.15, 0.2) is 0 Å². The summed E-state index contributed by atoms with van der Waals surface area (Å²) in [5.41, 5.74) is 2.08. The highest BCUT2D eigenvalue weighted by molar-refractivity contribution is 9.10. The number of likely N-dealkylation sites (tertiary alicyclic amines) is 1. The van der Waals surface area contributed by atoms with Crippen LogP contribution < -0.4 is 4.90 Å². The van der Waals surface area contributed by atoms with Crippen LogP contribution in [0.15, 0.2) is 16.6 Å². The molecule has 1 fully saturated rings. The number of piperidine rings is 1. The van der Waals surface area contributed by atoms with Gasteiger partial charge < -0.3 is 14.5 Å². The number of benzene rings is 1. The molecule has 1 saturated heterocycles. The van der Waals surface area contributed by atoms with Crippen molar-refractivity contribution in [2.45, 2.75) is 58.1 Å². The minimum absolute atomic E-state index is 0.204. The molecule has 2 aliphatic rings. The Bertz CT molecular complexity index is 660. The lowest BCUT2D eigenvalue weighted by atomic mass is 9.96. The lowest BCUT2D eigenvalue weighted by Gasteiger charge is -2.43. The first-order chi connectivity index (χ1) is 11.7. The summed E-state index contributed by atoms with van der Waals surface area (Å²) in [6, 6.07) is 4.35. The Balaban J connectivity index is 1.78. The highest BCUT2D eigenvalue weighted by atomic mass is 79.9. The van der Waals surface area contributed by atoms with E-state index >= 15 is 0 Å². The van der Waals surface area contributed by atoms with Crippen LogP contribution in [0, 0.1) is 0 Å². The number of carbonyl (C=O) groups excluding carboxylic acids is 1. The van der Waals surface area contributed by atoms with Crippen molar-refractivity contribution in [2.24, 2.45) is 0 Å². The summed E-state index contributed by atoms with van der Waals surface area (Å²) >= 11 is 9.92. The van der Waals surface area contributed by atoms with Gasteiger partial charge in [-0.3, -0.25) is 0 Å². The molecule has 0 N–H and O–H groups in total. The lowest BCUT2D eigenvalue weighted by molar-refractivity contribution is 0.0197. The molecule has 2 heterocycles. The molecule has 0 spiro atoms. The number of ether oxygens (including phenoxy) is 1. The molecule has 0 radical (unpaired) electrons. The predicted octanol–water partition coefficient (Wildman–Crippen LogP) is 5.25. The summed E-state index contributed by atoms with van der Waals surface area (Å²) in [6.45, 7) is 8.23. The first kappa shape index (κ1) is 18.8. The van der Waals surface area contributed by atoms with Crippen LogP contribution in [0.2, 0.25) is 5.02 Å². The lowest BCUT2D eigenvalue weighted by Crippen LogP contribution is -2.52. The van der Waals surface area contributed by atoms with Crippen molar-refractivity contribution >= 4 is 39.3 Å². The summed E-state index contributed by atoms with van der Waals surface area (Å²) < 4.78 is 6.61. The van der Waals surface area contributed by atoms with E-state index in [9.17, 15) is 4.79 Å². The Morgan fingerprint density at radius 1 is 1.28 bits per heavy atom. The third-order valence-electron chi connectivity index (χ3n) is 4.73. The maximum atomic E-state index is 12.5. The number of amides is 1. The first-order valence-electron chi connectivity index (χ1n) is 8.97. The number of halogens is 2. The monoisotopic (exact) mass is 428 g/mol. The number of nitrogens with zero attached hydrogens (tertiary/aromatic N) is 2. The van der Waals surface area contributed by atoms with Crippen molar-refractivity contribution in [1.29, 1.82) is 0 Å². The molecule has 2 aliphatic heterocycles. The van der Waals surface area contributed by atoms with Gasteiger partial charge in [0.25, 0.3) is 0 Å². The molecule has 3 rings (SSSR count).